The Morgan fingerprint density at radius 1 is 1.41 bits per heavy atom. The van der Waals surface area contributed by atoms with E-state index in [9.17, 15) is 4.79 Å². The molecule has 1 heterocycles. The molecular weight excluding hydrogens is 258 g/mol. The molecule has 4 N–H and O–H groups in total. The molecule has 17 heavy (non-hydrogen) atoms. The normalized spacial score (nSPS) is 10.6. The summed E-state index contributed by atoms with van der Waals surface area (Å²) >= 11 is 7.00. The van der Waals surface area contributed by atoms with Gasteiger partial charge in [0, 0.05) is 24.2 Å². The van der Waals surface area contributed by atoms with Gasteiger partial charge in [0.25, 0.3) is 0 Å². The maximum absolute atomic E-state index is 10.9. The van der Waals surface area contributed by atoms with Crippen molar-refractivity contribution in [2.45, 2.75) is 13.1 Å². The summed E-state index contributed by atoms with van der Waals surface area (Å²) in [5, 5.41) is 5.59. The molecule has 0 fully saturated rings. The lowest BCUT2D eigenvalue weighted by Crippen LogP contribution is -2.13. The number of nitrogens with two attached hydrogens (primary N) is 1. The Balaban J connectivity index is 1.89. The zero-order valence-electron chi connectivity index (χ0n) is 9.00. The van der Waals surface area contributed by atoms with Gasteiger partial charge in [-0.15, -0.1) is 0 Å². The Morgan fingerprint density at radius 3 is 2.88 bits per heavy atom. The van der Waals surface area contributed by atoms with E-state index in [-0.39, 0.29) is 4.87 Å². The maximum Gasteiger partial charge on any atom is 0.304 e. The number of thiazole rings is 1. The third-order valence-corrected chi connectivity index (χ3v) is 3.34. The van der Waals surface area contributed by atoms with Crippen LogP contribution in [-0.2, 0) is 13.1 Å². The Labute approximate surface area is 107 Å². The van der Waals surface area contributed by atoms with Crippen molar-refractivity contribution >= 4 is 28.6 Å². The third kappa shape index (κ3) is 3.33. The highest BCUT2D eigenvalue weighted by molar-refractivity contribution is 7.07. The van der Waals surface area contributed by atoms with Crippen molar-refractivity contribution in [1.82, 2.24) is 10.3 Å². The van der Waals surface area contributed by atoms with Crippen molar-refractivity contribution in [2.24, 2.45) is 0 Å². The molecule has 1 aromatic carbocycles. The molecule has 0 aliphatic rings. The van der Waals surface area contributed by atoms with Crippen LogP contribution in [0.5, 0.6) is 0 Å². The van der Waals surface area contributed by atoms with Crippen LogP contribution in [-0.4, -0.2) is 4.98 Å². The van der Waals surface area contributed by atoms with Gasteiger partial charge >= 0.3 is 4.87 Å². The summed E-state index contributed by atoms with van der Waals surface area (Å²) in [7, 11) is 0. The Bertz CT molecular complexity index is 564. The van der Waals surface area contributed by atoms with Gasteiger partial charge < -0.3 is 16.0 Å². The standard InChI is InChI=1S/C11H12ClN3OS/c12-9-2-1-7(3-10(9)13)4-14-5-8-6-17-11(16)15-8/h1-3,6,14H,4-5,13H2,(H,15,16). The molecule has 0 saturated carbocycles. The molecule has 90 valence electrons. The number of nitrogens with one attached hydrogen (secondary N) is 2. The lowest BCUT2D eigenvalue weighted by atomic mass is 10.2. The van der Waals surface area contributed by atoms with Crippen molar-refractivity contribution in [2.75, 3.05) is 5.73 Å². The average molecular weight is 270 g/mol. The van der Waals surface area contributed by atoms with Gasteiger partial charge in [0.05, 0.1) is 10.7 Å². The minimum Gasteiger partial charge on any atom is -0.398 e. The number of rotatable bonds is 4. The van der Waals surface area contributed by atoms with Gasteiger partial charge in [-0.25, -0.2) is 0 Å². The minimum atomic E-state index is -0.0301. The van der Waals surface area contributed by atoms with E-state index >= 15 is 0 Å². The Hall–Kier alpha value is -1.30. The first kappa shape index (κ1) is 12.2. The highest BCUT2D eigenvalue weighted by Crippen LogP contribution is 2.19. The van der Waals surface area contributed by atoms with E-state index in [1.165, 1.54) is 11.3 Å². The van der Waals surface area contributed by atoms with Gasteiger partial charge in [-0.05, 0) is 17.7 Å². The fourth-order valence-corrected chi connectivity index (χ4v) is 2.14. The molecule has 0 amide bonds. The fraction of sp³-hybridized carbons (Fsp3) is 0.182. The van der Waals surface area contributed by atoms with Crippen LogP contribution in [0.4, 0.5) is 5.69 Å². The van der Waals surface area contributed by atoms with E-state index in [1.54, 1.807) is 6.07 Å². The maximum atomic E-state index is 10.9. The molecule has 0 saturated heterocycles. The smallest absolute Gasteiger partial charge is 0.304 e. The minimum absolute atomic E-state index is 0.0301. The van der Waals surface area contributed by atoms with Crippen LogP contribution in [0.1, 0.15) is 11.3 Å². The summed E-state index contributed by atoms with van der Waals surface area (Å²) in [6.07, 6.45) is 0. The predicted molar refractivity (Wildman–Crippen MR) is 71.3 cm³/mol. The number of benzene rings is 1. The zero-order valence-corrected chi connectivity index (χ0v) is 10.6. The second-order valence-corrected chi connectivity index (χ2v) is 4.88. The highest BCUT2D eigenvalue weighted by atomic mass is 35.5. The second kappa shape index (κ2) is 5.35. The van der Waals surface area contributed by atoms with Crippen LogP contribution in [0.3, 0.4) is 0 Å². The van der Waals surface area contributed by atoms with Crippen molar-refractivity contribution in [3.05, 3.63) is 49.5 Å². The van der Waals surface area contributed by atoms with E-state index in [2.05, 4.69) is 10.3 Å². The third-order valence-electron chi connectivity index (χ3n) is 2.28. The van der Waals surface area contributed by atoms with E-state index < -0.39 is 0 Å². The first-order chi connectivity index (χ1) is 8.15. The van der Waals surface area contributed by atoms with Gasteiger partial charge in [-0.2, -0.15) is 0 Å². The Morgan fingerprint density at radius 2 is 2.24 bits per heavy atom. The molecule has 0 aliphatic heterocycles. The molecule has 0 atom stereocenters. The van der Waals surface area contributed by atoms with Crippen LogP contribution in [0.25, 0.3) is 0 Å². The molecule has 0 aliphatic carbocycles. The molecule has 0 unspecified atom stereocenters. The van der Waals surface area contributed by atoms with Gasteiger partial charge in [0.1, 0.15) is 0 Å². The quantitative estimate of drug-likeness (QED) is 0.743. The molecule has 4 nitrogen and oxygen atoms in total. The zero-order chi connectivity index (χ0) is 12.3. The van der Waals surface area contributed by atoms with E-state index in [4.69, 9.17) is 17.3 Å². The number of H-pyrrole nitrogens is 1. The van der Waals surface area contributed by atoms with Gasteiger partial charge in [-0.1, -0.05) is 29.0 Å². The second-order valence-electron chi connectivity index (χ2n) is 3.63. The molecule has 0 spiro atoms. The number of anilines is 1. The van der Waals surface area contributed by atoms with Gasteiger partial charge in [-0.3, -0.25) is 4.79 Å². The number of nitrogen functional groups attached to an aromatic ring is 1. The van der Waals surface area contributed by atoms with E-state index in [1.807, 2.05) is 17.5 Å². The number of aromatic amines is 1. The van der Waals surface area contributed by atoms with Crippen molar-refractivity contribution < 1.29 is 0 Å². The number of hydrogen-bond donors (Lipinski definition) is 3. The van der Waals surface area contributed by atoms with Crippen molar-refractivity contribution in [3.63, 3.8) is 0 Å². The van der Waals surface area contributed by atoms with Crippen LogP contribution >= 0.6 is 22.9 Å². The van der Waals surface area contributed by atoms with Gasteiger partial charge in [0.2, 0.25) is 0 Å². The summed E-state index contributed by atoms with van der Waals surface area (Å²) in [6, 6.07) is 5.54. The van der Waals surface area contributed by atoms with Crippen molar-refractivity contribution in [1.29, 1.82) is 0 Å². The van der Waals surface area contributed by atoms with Gasteiger partial charge in [0.15, 0.2) is 0 Å². The lowest BCUT2D eigenvalue weighted by Gasteiger charge is -2.05. The van der Waals surface area contributed by atoms with E-state index in [0.717, 1.165) is 11.3 Å². The lowest BCUT2D eigenvalue weighted by molar-refractivity contribution is 0.682. The van der Waals surface area contributed by atoms with E-state index in [0.29, 0.717) is 23.8 Å². The monoisotopic (exact) mass is 269 g/mol. The summed E-state index contributed by atoms with van der Waals surface area (Å²) in [5.74, 6) is 0. The molecule has 2 rings (SSSR count). The molecule has 6 heteroatoms. The predicted octanol–water partition coefficient (Wildman–Crippen LogP) is 1.96. The molecule has 1 aromatic heterocycles. The number of halogens is 1. The average Bonchev–Trinajstić information content (AvgIpc) is 2.70. The van der Waals surface area contributed by atoms with Crippen LogP contribution in [0.2, 0.25) is 5.02 Å². The summed E-state index contributed by atoms with van der Waals surface area (Å²) < 4.78 is 0. The fourth-order valence-electron chi connectivity index (χ4n) is 1.45. The summed E-state index contributed by atoms with van der Waals surface area (Å²) in [5.41, 5.74) is 8.23. The first-order valence-electron chi connectivity index (χ1n) is 5.06. The van der Waals surface area contributed by atoms with Crippen LogP contribution < -0.4 is 15.9 Å². The van der Waals surface area contributed by atoms with Crippen LogP contribution in [0.15, 0.2) is 28.4 Å². The topological polar surface area (TPSA) is 70.9 Å². The summed E-state index contributed by atoms with van der Waals surface area (Å²) in [6.45, 7) is 1.31. The summed E-state index contributed by atoms with van der Waals surface area (Å²) in [4.78, 5) is 13.6. The Kier molecular flexibility index (Phi) is 3.83. The first-order valence-corrected chi connectivity index (χ1v) is 6.32. The number of hydrogen-bond acceptors (Lipinski definition) is 4. The molecule has 0 bridgehead atoms. The molecule has 2 aromatic rings. The van der Waals surface area contributed by atoms with Crippen LogP contribution in [0, 0.1) is 0 Å². The SMILES string of the molecule is Nc1cc(CNCc2csc(=O)[nH]2)ccc1Cl. The largest absolute Gasteiger partial charge is 0.398 e. The van der Waals surface area contributed by atoms with Crippen molar-refractivity contribution in [3.8, 4) is 0 Å². The molecule has 0 radical (unpaired) electrons. The molecular formula is C11H12ClN3OS. The number of aromatic nitrogens is 1. The highest BCUT2D eigenvalue weighted by Gasteiger charge is 1.99.